The van der Waals surface area contributed by atoms with Crippen LogP contribution in [0, 0.1) is 0 Å². The Kier molecular flexibility index (Phi) is 17.6. The summed E-state index contributed by atoms with van der Waals surface area (Å²) in [5.41, 5.74) is 0. The largest absolute Gasteiger partial charge is 0.351 e. The van der Waals surface area contributed by atoms with Crippen molar-refractivity contribution in [2.24, 2.45) is 0 Å². The Hall–Kier alpha value is 0.710. The van der Waals surface area contributed by atoms with Crippen molar-refractivity contribution in [2.75, 3.05) is 31.1 Å². The zero-order valence-electron chi connectivity index (χ0n) is 18.7. The summed E-state index contributed by atoms with van der Waals surface area (Å²) < 4.78 is 18.6. The van der Waals surface area contributed by atoms with E-state index in [4.69, 9.17) is 13.1 Å². The van der Waals surface area contributed by atoms with Gasteiger partial charge in [-0.1, -0.05) is 93.0 Å². The van der Waals surface area contributed by atoms with E-state index >= 15 is 0 Å². The zero-order valence-corrected chi connectivity index (χ0v) is 21.1. The van der Waals surface area contributed by atoms with Crippen LogP contribution in [0.25, 0.3) is 0 Å². The summed E-state index contributed by atoms with van der Waals surface area (Å²) in [6.07, 6.45) is 26.2. The predicted octanol–water partition coefficient (Wildman–Crippen LogP) is 8.30. The summed E-state index contributed by atoms with van der Waals surface area (Å²) in [7, 11) is -1.50. The fraction of sp³-hybridized carbons (Fsp3) is 1.00. The van der Waals surface area contributed by atoms with Gasteiger partial charge < -0.3 is 4.74 Å². The minimum Gasteiger partial charge on any atom is -0.351 e. The van der Waals surface area contributed by atoms with Crippen molar-refractivity contribution in [3.05, 3.63) is 0 Å². The fourth-order valence-corrected chi connectivity index (χ4v) is 5.29. The monoisotopic (exact) mass is 482 g/mol. The smallest absolute Gasteiger partial charge is 0.180 e. The van der Waals surface area contributed by atoms with Crippen LogP contribution < -0.4 is 0 Å². The van der Waals surface area contributed by atoms with Crippen LogP contribution in [0.3, 0.4) is 0 Å². The molecule has 0 N–H and O–H groups in total. The molecular formula is C23H47BrO3S. The molecule has 0 bridgehead atoms. The number of unbranched alkanes of at least 4 members (excludes halogenated alkanes) is 3. The van der Waals surface area contributed by atoms with Crippen molar-refractivity contribution in [1.29, 1.82) is 0 Å². The summed E-state index contributed by atoms with van der Waals surface area (Å²) in [4.78, 5) is 0. The van der Waals surface area contributed by atoms with Gasteiger partial charge in [-0.25, -0.2) is 0 Å². The molecule has 0 amide bonds. The molecular weight excluding hydrogens is 436 g/mol. The van der Waals surface area contributed by atoms with Crippen LogP contribution in [0.4, 0.5) is 0 Å². The molecule has 0 aromatic carbocycles. The Bertz CT molecular complexity index is 326. The lowest BCUT2D eigenvalue weighted by atomic mass is 10.0. The maximum Gasteiger partial charge on any atom is 0.180 e. The summed E-state index contributed by atoms with van der Waals surface area (Å²) >= 11 is 3.49. The van der Waals surface area contributed by atoms with Crippen LogP contribution in [0.1, 0.15) is 109 Å². The predicted molar refractivity (Wildman–Crippen MR) is 128 cm³/mol. The molecule has 0 aromatic heterocycles. The Labute approximate surface area is 185 Å². The molecule has 28 heavy (non-hydrogen) atoms. The Balaban J connectivity index is 2.32. The minimum absolute atomic E-state index is 0.0914. The SMILES string of the molecule is CS(C)(OCCCCCCBr)OC1CCCCCCCCCCCCCCO1. The van der Waals surface area contributed by atoms with Gasteiger partial charge in [0.05, 0.1) is 6.61 Å². The van der Waals surface area contributed by atoms with Gasteiger partial charge in [0.1, 0.15) is 0 Å². The van der Waals surface area contributed by atoms with E-state index in [2.05, 4.69) is 28.4 Å². The van der Waals surface area contributed by atoms with Gasteiger partial charge in [0.25, 0.3) is 0 Å². The Morgan fingerprint density at radius 1 is 0.750 bits per heavy atom. The van der Waals surface area contributed by atoms with Crippen LogP contribution in [-0.2, 0) is 13.1 Å². The summed E-state index contributed by atoms with van der Waals surface area (Å²) in [5, 5.41) is 1.10. The second kappa shape index (κ2) is 18.5. The maximum atomic E-state index is 6.34. The van der Waals surface area contributed by atoms with Crippen LogP contribution in [0.2, 0.25) is 0 Å². The number of alkyl halides is 1. The van der Waals surface area contributed by atoms with Crippen molar-refractivity contribution in [3.63, 3.8) is 0 Å². The van der Waals surface area contributed by atoms with E-state index < -0.39 is 10.6 Å². The lowest BCUT2D eigenvalue weighted by Gasteiger charge is -2.38. The molecule has 1 saturated heterocycles. The highest BCUT2D eigenvalue weighted by molar-refractivity contribution is 9.09. The van der Waals surface area contributed by atoms with E-state index in [1.165, 1.54) is 89.9 Å². The molecule has 0 saturated carbocycles. The first-order valence-corrected chi connectivity index (χ1v) is 15.3. The van der Waals surface area contributed by atoms with Crippen molar-refractivity contribution in [3.8, 4) is 0 Å². The number of hydrogen-bond acceptors (Lipinski definition) is 3. The van der Waals surface area contributed by atoms with E-state index in [9.17, 15) is 0 Å². The first kappa shape index (κ1) is 26.7. The summed E-state index contributed by atoms with van der Waals surface area (Å²) in [6, 6.07) is 0. The first-order valence-electron chi connectivity index (χ1n) is 11.9. The van der Waals surface area contributed by atoms with E-state index in [-0.39, 0.29) is 6.29 Å². The third-order valence-electron chi connectivity index (χ3n) is 5.37. The first-order chi connectivity index (χ1) is 13.6. The molecule has 1 aliphatic rings. The van der Waals surface area contributed by atoms with Crippen molar-refractivity contribution < 1.29 is 13.1 Å². The van der Waals surface area contributed by atoms with E-state index in [1.54, 1.807) is 0 Å². The normalized spacial score (nSPS) is 22.8. The van der Waals surface area contributed by atoms with Crippen molar-refractivity contribution >= 4 is 26.5 Å². The van der Waals surface area contributed by atoms with Crippen LogP contribution in [0.15, 0.2) is 0 Å². The standard InChI is InChI=1S/C23H47BrO3S/c1-28(2,26-22-18-14-12-16-20-24)27-23-19-15-11-9-7-5-3-4-6-8-10-13-17-21-25-23/h23H,3-22H2,1-2H3. The molecule has 1 atom stereocenters. The highest BCUT2D eigenvalue weighted by atomic mass is 79.9. The lowest BCUT2D eigenvalue weighted by molar-refractivity contribution is -0.0844. The van der Waals surface area contributed by atoms with Gasteiger partial charge in [-0.3, -0.25) is 8.37 Å². The average molecular weight is 484 g/mol. The molecule has 3 nitrogen and oxygen atoms in total. The molecule has 1 heterocycles. The zero-order chi connectivity index (χ0) is 20.3. The second-order valence-electron chi connectivity index (χ2n) is 8.50. The highest BCUT2D eigenvalue weighted by Gasteiger charge is 2.18. The molecule has 170 valence electrons. The van der Waals surface area contributed by atoms with Crippen LogP contribution in [0.5, 0.6) is 0 Å². The van der Waals surface area contributed by atoms with Gasteiger partial charge in [0, 0.05) is 30.9 Å². The maximum absolute atomic E-state index is 6.34. The minimum atomic E-state index is -1.50. The van der Waals surface area contributed by atoms with Gasteiger partial charge in [-0.2, -0.15) is 10.6 Å². The molecule has 1 unspecified atom stereocenters. The number of halogens is 1. The third kappa shape index (κ3) is 16.5. The number of ether oxygens (including phenoxy) is 1. The molecule has 0 spiro atoms. The van der Waals surface area contributed by atoms with Crippen LogP contribution >= 0.6 is 26.5 Å². The van der Waals surface area contributed by atoms with Gasteiger partial charge in [-0.05, 0) is 25.7 Å². The summed E-state index contributed by atoms with van der Waals surface area (Å²) in [5.74, 6) is 0. The van der Waals surface area contributed by atoms with E-state index in [0.717, 1.165) is 37.8 Å². The summed E-state index contributed by atoms with van der Waals surface area (Å²) in [6.45, 7) is 1.63. The molecule has 1 rings (SSSR count). The Morgan fingerprint density at radius 2 is 1.29 bits per heavy atom. The van der Waals surface area contributed by atoms with Crippen LogP contribution in [-0.4, -0.2) is 37.3 Å². The van der Waals surface area contributed by atoms with E-state index in [1.807, 2.05) is 0 Å². The Morgan fingerprint density at radius 3 is 1.89 bits per heavy atom. The number of hydrogen-bond donors (Lipinski definition) is 0. The molecule has 5 heteroatoms. The second-order valence-corrected chi connectivity index (χ2v) is 12.0. The van der Waals surface area contributed by atoms with Gasteiger partial charge in [-0.15, -0.1) is 0 Å². The molecule has 1 aliphatic heterocycles. The molecule has 1 fully saturated rings. The lowest BCUT2D eigenvalue weighted by Crippen LogP contribution is -2.21. The molecule has 0 aliphatic carbocycles. The fourth-order valence-electron chi connectivity index (χ4n) is 3.65. The van der Waals surface area contributed by atoms with E-state index in [0.29, 0.717) is 0 Å². The quantitative estimate of drug-likeness (QED) is 0.244. The molecule has 0 radical (unpaired) electrons. The average Bonchev–Trinajstić information content (AvgIpc) is 2.66. The van der Waals surface area contributed by atoms with Gasteiger partial charge in [0.2, 0.25) is 0 Å². The van der Waals surface area contributed by atoms with Crippen molar-refractivity contribution in [2.45, 2.75) is 115 Å². The molecule has 0 aromatic rings. The number of rotatable bonds is 9. The third-order valence-corrected chi connectivity index (χ3v) is 7.35. The van der Waals surface area contributed by atoms with Gasteiger partial charge >= 0.3 is 0 Å². The topological polar surface area (TPSA) is 27.7 Å². The van der Waals surface area contributed by atoms with Crippen molar-refractivity contribution in [1.82, 2.24) is 0 Å². The van der Waals surface area contributed by atoms with Gasteiger partial charge in [0.15, 0.2) is 6.29 Å². The highest BCUT2D eigenvalue weighted by Crippen LogP contribution is 2.44.